The van der Waals surface area contributed by atoms with E-state index in [1.54, 1.807) is 12.1 Å². The smallest absolute Gasteiger partial charge is 0.214 e. The van der Waals surface area contributed by atoms with Crippen molar-refractivity contribution in [3.63, 3.8) is 0 Å². The van der Waals surface area contributed by atoms with Crippen molar-refractivity contribution in [2.45, 2.75) is 0 Å². The van der Waals surface area contributed by atoms with Crippen molar-refractivity contribution in [3.05, 3.63) is 50.9 Å². The highest BCUT2D eigenvalue weighted by molar-refractivity contribution is 14.1. The van der Waals surface area contributed by atoms with Crippen LogP contribution in [0.2, 0.25) is 5.02 Å². The van der Waals surface area contributed by atoms with E-state index >= 15 is 0 Å². The summed E-state index contributed by atoms with van der Waals surface area (Å²) in [5.74, 6) is -0.0882. The van der Waals surface area contributed by atoms with Crippen LogP contribution in [0.4, 0.5) is 15.9 Å². The molecule has 0 aliphatic heterocycles. The van der Waals surface area contributed by atoms with Gasteiger partial charge in [-0.25, -0.2) is 4.98 Å². The maximum Gasteiger partial charge on any atom is 0.214 e. The lowest BCUT2D eigenvalue weighted by Gasteiger charge is -2.07. The first-order chi connectivity index (χ1) is 7.65. The van der Waals surface area contributed by atoms with Crippen LogP contribution in [-0.2, 0) is 0 Å². The Morgan fingerprint density at radius 1 is 1.25 bits per heavy atom. The zero-order valence-corrected chi connectivity index (χ0v) is 11.0. The van der Waals surface area contributed by atoms with Gasteiger partial charge in [-0.2, -0.15) is 4.39 Å². The van der Waals surface area contributed by atoms with Crippen LogP contribution in [0.15, 0.2) is 36.4 Å². The van der Waals surface area contributed by atoms with Crippen LogP contribution in [0.1, 0.15) is 0 Å². The van der Waals surface area contributed by atoms with Crippen LogP contribution in [0.3, 0.4) is 0 Å². The molecular weight excluding hydrogens is 341 g/mol. The summed E-state index contributed by atoms with van der Waals surface area (Å²) in [4.78, 5) is 3.69. The average molecular weight is 349 g/mol. The molecule has 16 heavy (non-hydrogen) atoms. The summed E-state index contributed by atoms with van der Waals surface area (Å²) in [7, 11) is 0. The van der Waals surface area contributed by atoms with Crippen LogP contribution < -0.4 is 5.32 Å². The Hall–Kier alpha value is -0.880. The van der Waals surface area contributed by atoms with Gasteiger partial charge in [0.1, 0.15) is 5.82 Å². The molecule has 0 amide bonds. The second-order valence-corrected chi connectivity index (χ2v) is 4.75. The van der Waals surface area contributed by atoms with Crippen molar-refractivity contribution in [1.82, 2.24) is 4.98 Å². The van der Waals surface area contributed by atoms with E-state index in [0.29, 0.717) is 16.5 Å². The maximum absolute atomic E-state index is 12.8. The Labute approximate surface area is 111 Å². The Balaban J connectivity index is 2.27. The standard InChI is InChI=1S/C11H7ClFIN2/c12-8-6-7(14)4-5-9(8)15-11-3-1-2-10(13)16-11/h1-6H,(H,15,16). The molecule has 2 rings (SSSR count). The lowest BCUT2D eigenvalue weighted by molar-refractivity contribution is 0.585. The monoisotopic (exact) mass is 348 g/mol. The first-order valence-corrected chi connectivity index (χ1v) is 5.95. The van der Waals surface area contributed by atoms with E-state index in [2.05, 4.69) is 32.9 Å². The predicted octanol–water partition coefficient (Wildman–Crippen LogP) is 4.22. The van der Waals surface area contributed by atoms with Crippen LogP contribution in [0.25, 0.3) is 0 Å². The van der Waals surface area contributed by atoms with Crippen LogP contribution >= 0.6 is 34.2 Å². The topological polar surface area (TPSA) is 24.9 Å². The minimum absolute atomic E-state index is 0.433. The molecule has 2 nitrogen and oxygen atoms in total. The second-order valence-electron chi connectivity index (χ2n) is 3.09. The largest absolute Gasteiger partial charge is 0.339 e. The van der Waals surface area contributed by atoms with Gasteiger partial charge in [-0.1, -0.05) is 17.7 Å². The molecular formula is C11H7ClFIN2. The first-order valence-electron chi connectivity index (χ1n) is 4.50. The van der Waals surface area contributed by atoms with E-state index in [1.807, 2.05) is 18.2 Å². The third kappa shape index (κ3) is 2.82. The van der Waals surface area contributed by atoms with Crippen molar-refractivity contribution in [2.24, 2.45) is 0 Å². The van der Waals surface area contributed by atoms with Gasteiger partial charge in [-0.05, 0) is 52.9 Å². The van der Waals surface area contributed by atoms with E-state index in [1.165, 1.54) is 6.07 Å². The van der Waals surface area contributed by atoms with Gasteiger partial charge in [0.25, 0.3) is 0 Å². The van der Waals surface area contributed by atoms with Crippen molar-refractivity contribution < 1.29 is 4.39 Å². The zero-order chi connectivity index (χ0) is 11.5. The van der Waals surface area contributed by atoms with Gasteiger partial charge in [0.05, 0.1) is 10.7 Å². The highest BCUT2D eigenvalue weighted by atomic mass is 127. The van der Waals surface area contributed by atoms with Crippen LogP contribution in [-0.4, -0.2) is 4.98 Å². The molecule has 0 saturated carbocycles. The molecule has 0 fully saturated rings. The van der Waals surface area contributed by atoms with E-state index in [4.69, 9.17) is 11.6 Å². The van der Waals surface area contributed by atoms with E-state index in [0.717, 1.165) is 3.57 Å². The molecule has 0 spiro atoms. The van der Waals surface area contributed by atoms with Crippen LogP contribution in [0, 0.1) is 9.52 Å². The lowest BCUT2D eigenvalue weighted by atomic mass is 10.3. The fraction of sp³-hybridized carbons (Fsp3) is 0. The summed E-state index contributed by atoms with van der Waals surface area (Å²) < 4.78 is 13.9. The number of hydrogen-bond acceptors (Lipinski definition) is 2. The molecule has 2 aromatic rings. The highest BCUT2D eigenvalue weighted by Gasteiger charge is 2.02. The second kappa shape index (κ2) is 4.97. The molecule has 0 unspecified atom stereocenters. The summed E-state index contributed by atoms with van der Waals surface area (Å²) in [6.45, 7) is 0. The quantitative estimate of drug-likeness (QED) is 0.649. The molecule has 5 heteroatoms. The van der Waals surface area contributed by atoms with E-state index < -0.39 is 5.95 Å². The van der Waals surface area contributed by atoms with Crippen molar-refractivity contribution in [1.29, 1.82) is 0 Å². The van der Waals surface area contributed by atoms with Gasteiger partial charge < -0.3 is 5.32 Å². The molecule has 0 atom stereocenters. The molecule has 0 aliphatic rings. The first kappa shape index (κ1) is 11.6. The summed E-state index contributed by atoms with van der Waals surface area (Å²) in [6.07, 6.45) is 0. The summed E-state index contributed by atoms with van der Waals surface area (Å²) >= 11 is 8.20. The number of hydrogen-bond donors (Lipinski definition) is 1. The molecule has 0 radical (unpaired) electrons. The molecule has 1 aromatic heterocycles. The normalized spacial score (nSPS) is 10.2. The van der Waals surface area contributed by atoms with Crippen molar-refractivity contribution in [3.8, 4) is 0 Å². The molecule has 0 aliphatic carbocycles. The molecule has 82 valence electrons. The molecule has 1 aromatic carbocycles. The highest BCUT2D eigenvalue weighted by Crippen LogP contribution is 2.26. The Morgan fingerprint density at radius 3 is 2.75 bits per heavy atom. The van der Waals surface area contributed by atoms with Gasteiger partial charge in [0.2, 0.25) is 5.95 Å². The minimum atomic E-state index is -0.522. The number of pyridine rings is 1. The lowest BCUT2D eigenvalue weighted by Crippen LogP contribution is -1.95. The maximum atomic E-state index is 12.8. The summed E-state index contributed by atoms with van der Waals surface area (Å²) in [5.41, 5.74) is 0.709. The van der Waals surface area contributed by atoms with Crippen molar-refractivity contribution in [2.75, 3.05) is 5.32 Å². The van der Waals surface area contributed by atoms with E-state index in [-0.39, 0.29) is 0 Å². The van der Waals surface area contributed by atoms with Gasteiger partial charge >= 0.3 is 0 Å². The van der Waals surface area contributed by atoms with Gasteiger partial charge in [0, 0.05) is 3.57 Å². The third-order valence-corrected chi connectivity index (χ3v) is 2.89. The summed E-state index contributed by atoms with van der Waals surface area (Å²) in [6, 6.07) is 10.1. The summed E-state index contributed by atoms with van der Waals surface area (Å²) in [5, 5.41) is 3.54. The molecule has 0 bridgehead atoms. The Kier molecular flexibility index (Phi) is 3.60. The Bertz CT molecular complexity index is 519. The molecule has 1 N–H and O–H groups in total. The minimum Gasteiger partial charge on any atom is -0.339 e. The van der Waals surface area contributed by atoms with E-state index in [9.17, 15) is 4.39 Å². The SMILES string of the molecule is Fc1cccc(Nc2ccc(I)cc2Cl)n1. The van der Waals surface area contributed by atoms with Crippen molar-refractivity contribution >= 4 is 45.7 Å². The fourth-order valence-corrected chi connectivity index (χ4v) is 2.11. The third-order valence-electron chi connectivity index (χ3n) is 1.91. The number of nitrogens with one attached hydrogen (secondary N) is 1. The van der Waals surface area contributed by atoms with Crippen LogP contribution in [0.5, 0.6) is 0 Å². The number of benzene rings is 1. The average Bonchev–Trinajstić information content (AvgIpc) is 2.22. The molecule has 0 saturated heterocycles. The number of nitrogens with zero attached hydrogens (tertiary/aromatic N) is 1. The number of anilines is 2. The predicted molar refractivity (Wildman–Crippen MR) is 71.6 cm³/mol. The number of aromatic nitrogens is 1. The fourth-order valence-electron chi connectivity index (χ4n) is 1.21. The molecule has 1 heterocycles. The van der Waals surface area contributed by atoms with Gasteiger partial charge in [-0.15, -0.1) is 0 Å². The number of rotatable bonds is 2. The Morgan fingerprint density at radius 2 is 2.06 bits per heavy atom. The van der Waals surface area contributed by atoms with Gasteiger partial charge in [0.15, 0.2) is 0 Å². The number of halogens is 3. The zero-order valence-electron chi connectivity index (χ0n) is 8.05. The van der Waals surface area contributed by atoms with Gasteiger partial charge in [-0.3, -0.25) is 0 Å².